The van der Waals surface area contributed by atoms with Gasteiger partial charge in [0.2, 0.25) is 0 Å². The van der Waals surface area contributed by atoms with E-state index >= 15 is 0 Å². The fourth-order valence-corrected chi connectivity index (χ4v) is 1.60. The fourth-order valence-electron chi connectivity index (χ4n) is 1.60. The minimum absolute atomic E-state index is 1.15. The van der Waals surface area contributed by atoms with Gasteiger partial charge in [-0.15, -0.1) is 0 Å². The van der Waals surface area contributed by atoms with Gasteiger partial charge in [0, 0.05) is 6.92 Å². The lowest BCUT2D eigenvalue weighted by Crippen LogP contribution is -2.29. The number of hydrogen-bond acceptors (Lipinski definition) is 0. The third kappa shape index (κ3) is 1.71. The maximum absolute atomic E-state index is 3.74. The van der Waals surface area contributed by atoms with Gasteiger partial charge in [-0.25, -0.2) is 9.13 Å². The van der Waals surface area contributed by atoms with Crippen LogP contribution in [0.2, 0.25) is 0 Å². The van der Waals surface area contributed by atoms with Crippen LogP contribution in [0.3, 0.4) is 0 Å². The molecule has 2 rings (SSSR count). The molecule has 2 heteroatoms. The van der Waals surface area contributed by atoms with Crippen molar-refractivity contribution in [2.75, 3.05) is 0 Å². The quantitative estimate of drug-likeness (QED) is 0.656. The molecular formula is C13H15N2+. The Labute approximate surface area is 90.1 Å². The van der Waals surface area contributed by atoms with Gasteiger partial charge in [0.15, 0.2) is 0 Å². The summed E-state index contributed by atoms with van der Waals surface area (Å²) in [6.45, 7) is 5.84. The van der Waals surface area contributed by atoms with Gasteiger partial charge < -0.3 is 0 Å². The fraction of sp³-hybridized carbons (Fsp3) is 0.154. The van der Waals surface area contributed by atoms with Crippen molar-refractivity contribution in [2.24, 2.45) is 7.05 Å². The largest absolute Gasteiger partial charge is 0.258 e. The Morgan fingerprint density at radius 1 is 1.27 bits per heavy atom. The highest BCUT2D eigenvalue weighted by atomic mass is 15.1. The second kappa shape index (κ2) is 3.73. The van der Waals surface area contributed by atoms with Crippen LogP contribution in [0, 0.1) is 6.92 Å². The highest BCUT2D eigenvalue weighted by Crippen LogP contribution is 2.11. The minimum Gasteiger partial charge on any atom is -0.237 e. The average Bonchev–Trinajstić information content (AvgIpc) is 2.60. The zero-order valence-electron chi connectivity index (χ0n) is 9.14. The van der Waals surface area contributed by atoms with Crippen molar-refractivity contribution in [3.63, 3.8) is 0 Å². The first-order chi connectivity index (χ1) is 7.22. The summed E-state index contributed by atoms with van der Waals surface area (Å²) in [6, 6.07) is 8.34. The molecule has 0 bridgehead atoms. The van der Waals surface area contributed by atoms with Crippen molar-refractivity contribution in [1.29, 1.82) is 0 Å². The Bertz CT molecular complexity index is 478. The van der Waals surface area contributed by atoms with Crippen molar-refractivity contribution < 1.29 is 4.57 Å². The monoisotopic (exact) mass is 199 g/mol. The van der Waals surface area contributed by atoms with Crippen LogP contribution in [0.5, 0.6) is 0 Å². The van der Waals surface area contributed by atoms with Gasteiger partial charge in [-0.3, -0.25) is 0 Å². The Morgan fingerprint density at radius 2 is 1.93 bits per heavy atom. The predicted octanol–water partition coefficient (Wildman–Crippen LogP) is 2.25. The van der Waals surface area contributed by atoms with Crippen molar-refractivity contribution in [2.45, 2.75) is 6.92 Å². The smallest absolute Gasteiger partial charge is 0.237 e. The SMILES string of the molecule is C=Cc1ccc(-n2cc[n+](C)c2C)cc1. The second-order valence-electron chi connectivity index (χ2n) is 3.62. The number of hydrogen-bond donors (Lipinski definition) is 0. The lowest BCUT2D eigenvalue weighted by molar-refractivity contribution is -0.677. The van der Waals surface area contributed by atoms with Gasteiger partial charge in [0.25, 0.3) is 5.82 Å². The third-order valence-corrected chi connectivity index (χ3v) is 2.71. The van der Waals surface area contributed by atoms with Gasteiger partial charge >= 0.3 is 0 Å². The van der Waals surface area contributed by atoms with Crippen LogP contribution in [0.15, 0.2) is 43.2 Å². The Hall–Kier alpha value is -1.83. The molecule has 0 fully saturated rings. The van der Waals surface area contributed by atoms with Crippen LogP contribution in [-0.2, 0) is 7.05 Å². The number of aryl methyl sites for hydroxylation is 1. The molecule has 0 aliphatic heterocycles. The highest BCUT2D eigenvalue weighted by Gasteiger charge is 2.10. The van der Waals surface area contributed by atoms with Gasteiger partial charge in [-0.2, -0.15) is 0 Å². The molecule has 0 spiro atoms. The molecule has 2 aromatic rings. The molecule has 1 aromatic carbocycles. The number of nitrogens with zero attached hydrogens (tertiary/aromatic N) is 2. The molecule has 0 atom stereocenters. The molecule has 0 saturated carbocycles. The first kappa shape index (κ1) is 9.71. The predicted molar refractivity (Wildman–Crippen MR) is 61.8 cm³/mol. The zero-order valence-corrected chi connectivity index (χ0v) is 9.14. The third-order valence-electron chi connectivity index (χ3n) is 2.71. The van der Waals surface area contributed by atoms with Crippen molar-refractivity contribution in [3.8, 4) is 5.69 Å². The lowest BCUT2D eigenvalue weighted by Gasteiger charge is -1.99. The van der Waals surface area contributed by atoms with E-state index < -0.39 is 0 Å². The summed E-state index contributed by atoms with van der Waals surface area (Å²) in [5.41, 5.74) is 2.33. The zero-order chi connectivity index (χ0) is 10.8. The average molecular weight is 199 g/mol. The maximum atomic E-state index is 3.74. The summed E-state index contributed by atoms with van der Waals surface area (Å²) in [5.74, 6) is 1.21. The van der Waals surface area contributed by atoms with Crippen molar-refractivity contribution >= 4 is 6.08 Å². The van der Waals surface area contributed by atoms with E-state index in [1.807, 2.05) is 13.1 Å². The molecule has 0 aliphatic rings. The molecule has 0 amide bonds. The van der Waals surface area contributed by atoms with E-state index in [1.54, 1.807) is 0 Å². The molecule has 2 nitrogen and oxygen atoms in total. The molecule has 76 valence electrons. The van der Waals surface area contributed by atoms with Gasteiger partial charge in [0.1, 0.15) is 18.1 Å². The van der Waals surface area contributed by atoms with Crippen LogP contribution in [0.4, 0.5) is 0 Å². The molecule has 0 aliphatic carbocycles. The minimum atomic E-state index is 1.15. The Balaban J connectivity index is 2.45. The molecule has 0 saturated heterocycles. The van der Waals surface area contributed by atoms with Crippen LogP contribution in [0.25, 0.3) is 11.8 Å². The topological polar surface area (TPSA) is 8.81 Å². The summed E-state index contributed by atoms with van der Waals surface area (Å²) < 4.78 is 4.26. The number of imidazole rings is 1. The first-order valence-electron chi connectivity index (χ1n) is 4.99. The van der Waals surface area contributed by atoms with E-state index in [0.29, 0.717) is 0 Å². The van der Waals surface area contributed by atoms with Crippen molar-refractivity contribution in [1.82, 2.24) is 4.57 Å². The molecule has 0 N–H and O–H groups in total. The lowest BCUT2D eigenvalue weighted by atomic mass is 10.2. The summed E-state index contributed by atoms with van der Waals surface area (Å²) in [4.78, 5) is 0. The summed E-state index contributed by atoms with van der Waals surface area (Å²) in [7, 11) is 2.05. The Kier molecular flexibility index (Phi) is 2.42. The maximum Gasteiger partial charge on any atom is 0.258 e. The van der Waals surface area contributed by atoms with Gasteiger partial charge in [-0.05, 0) is 17.7 Å². The molecular weight excluding hydrogens is 184 g/mol. The van der Waals surface area contributed by atoms with Crippen LogP contribution in [0.1, 0.15) is 11.4 Å². The van der Waals surface area contributed by atoms with E-state index in [1.165, 1.54) is 11.5 Å². The second-order valence-corrected chi connectivity index (χ2v) is 3.62. The van der Waals surface area contributed by atoms with E-state index in [-0.39, 0.29) is 0 Å². The van der Waals surface area contributed by atoms with E-state index in [9.17, 15) is 0 Å². The van der Waals surface area contributed by atoms with Gasteiger partial charge in [0.05, 0.1) is 7.05 Å². The van der Waals surface area contributed by atoms with Gasteiger partial charge in [-0.1, -0.05) is 24.8 Å². The van der Waals surface area contributed by atoms with E-state index in [2.05, 4.69) is 59.3 Å². The molecule has 1 heterocycles. The van der Waals surface area contributed by atoms with Crippen LogP contribution >= 0.6 is 0 Å². The molecule has 0 radical (unpaired) electrons. The van der Waals surface area contributed by atoms with Crippen LogP contribution in [-0.4, -0.2) is 4.57 Å². The summed E-state index contributed by atoms with van der Waals surface area (Å²) in [6.07, 6.45) is 5.97. The van der Waals surface area contributed by atoms with Crippen LogP contribution < -0.4 is 4.57 Å². The summed E-state index contributed by atoms with van der Waals surface area (Å²) >= 11 is 0. The first-order valence-corrected chi connectivity index (χ1v) is 4.99. The number of benzene rings is 1. The molecule has 0 unspecified atom stereocenters. The normalized spacial score (nSPS) is 10.3. The van der Waals surface area contributed by atoms with Crippen molar-refractivity contribution in [3.05, 3.63) is 54.6 Å². The number of rotatable bonds is 2. The highest BCUT2D eigenvalue weighted by molar-refractivity contribution is 5.49. The van der Waals surface area contributed by atoms with E-state index in [4.69, 9.17) is 0 Å². The molecule has 15 heavy (non-hydrogen) atoms. The molecule has 1 aromatic heterocycles. The standard InChI is InChI=1S/C13H15N2/c1-4-12-5-7-13(8-6-12)15-10-9-14(3)11(15)2/h4-10H,1H2,2-3H3/q+1. The summed E-state index contributed by atoms with van der Waals surface area (Å²) in [5, 5.41) is 0. The van der Waals surface area contributed by atoms with E-state index in [0.717, 1.165) is 5.56 Å². The Morgan fingerprint density at radius 3 is 2.40 bits per heavy atom. The number of aromatic nitrogens is 2.